The van der Waals surface area contributed by atoms with E-state index in [1.807, 2.05) is 25.1 Å². The van der Waals surface area contributed by atoms with Gasteiger partial charge in [-0.1, -0.05) is 18.2 Å². The van der Waals surface area contributed by atoms with Gasteiger partial charge in [0.05, 0.1) is 18.2 Å². The number of aromatic nitrogens is 1. The third-order valence-corrected chi connectivity index (χ3v) is 4.62. The number of guanidine groups is 1. The van der Waals surface area contributed by atoms with Crippen molar-refractivity contribution in [3.63, 3.8) is 0 Å². The van der Waals surface area contributed by atoms with Gasteiger partial charge >= 0.3 is 0 Å². The predicted octanol–water partition coefficient (Wildman–Crippen LogP) is 3.78. The van der Waals surface area contributed by atoms with Gasteiger partial charge in [-0.25, -0.2) is 9.38 Å². The zero-order valence-corrected chi connectivity index (χ0v) is 16.1. The Morgan fingerprint density at radius 2 is 2.04 bits per heavy atom. The van der Waals surface area contributed by atoms with E-state index in [2.05, 4.69) is 39.7 Å². The Kier molecular flexibility index (Phi) is 6.28. The molecule has 144 valence electrons. The van der Waals surface area contributed by atoms with Gasteiger partial charge in [0.1, 0.15) is 5.82 Å². The van der Waals surface area contributed by atoms with Crippen LogP contribution < -0.4 is 10.6 Å². The van der Waals surface area contributed by atoms with Crippen LogP contribution in [0.3, 0.4) is 0 Å². The maximum atomic E-state index is 13.9. The fourth-order valence-corrected chi connectivity index (χ4v) is 3.23. The van der Waals surface area contributed by atoms with Gasteiger partial charge in [-0.3, -0.25) is 0 Å². The second-order valence-electron chi connectivity index (χ2n) is 6.56. The molecule has 1 heterocycles. The van der Waals surface area contributed by atoms with E-state index in [9.17, 15) is 4.39 Å². The number of aliphatic imine (C=N–C) groups is 1. The molecule has 0 fully saturated rings. The smallest absolute Gasteiger partial charge is 0.191 e. The van der Waals surface area contributed by atoms with Crippen molar-refractivity contribution >= 4 is 16.9 Å². The van der Waals surface area contributed by atoms with Crippen molar-refractivity contribution in [2.45, 2.75) is 26.8 Å². The van der Waals surface area contributed by atoms with Crippen molar-refractivity contribution < 1.29 is 4.39 Å². The number of nitrogens with one attached hydrogen (secondary N) is 3. The Morgan fingerprint density at radius 3 is 2.82 bits per heavy atom. The quantitative estimate of drug-likeness (QED) is 0.452. The van der Waals surface area contributed by atoms with Gasteiger partial charge < -0.3 is 15.6 Å². The number of hydrogen-bond donors (Lipinski definition) is 3. The Labute approximate surface area is 164 Å². The lowest BCUT2D eigenvalue weighted by atomic mass is 10.1. The summed E-state index contributed by atoms with van der Waals surface area (Å²) in [6, 6.07) is 14.6. The molecule has 0 amide bonds. The highest BCUT2D eigenvalue weighted by Gasteiger charge is 2.08. The average molecular weight is 377 g/mol. The molecule has 2 aromatic carbocycles. The van der Waals surface area contributed by atoms with Crippen molar-refractivity contribution in [3.05, 3.63) is 70.7 Å². The second-order valence-corrected chi connectivity index (χ2v) is 6.56. The Morgan fingerprint density at radius 1 is 1.21 bits per heavy atom. The van der Waals surface area contributed by atoms with Crippen LogP contribution in [-0.4, -0.2) is 24.0 Å². The number of para-hydroxylation sites is 1. The standard InChI is InChI=1S/C22H24FN5/c1-3-25-22(27-14-17-12-16(13-24)8-9-20(17)23)26-11-10-18-15(2)28-21-7-5-4-6-19(18)21/h4-9,12,28H,3,10-11,14H2,1-2H3,(H2,25,26,27). The predicted molar refractivity (Wildman–Crippen MR) is 111 cm³/mol. The molecule has 6 heteroatoms. The van der Waals surface area contributed by atoms with E-state index in [4.69, 9.17) is 5.26 Å². The van der Waals surface area contributed by atoms with Crippen LogP contribution in [0.25, 0.3) is 10.9 Å². The molecular weight excluding hydrogens is 353 g/mol. The third-order valence-electron chi connectivity index (χ3n) is 4.62. The lowest BCUT2D eigenvalue weighted by molar-refractivity contribution is 0.610. The third kappa shape index (κ3) is 4.49. The molecule has 0 radical (unpaired) electrons. The molecule has 3 aromatic rings. The maximum Gasteiger partial charge on any atom is 0.191 e. The molecule has 0 atom stereocenters. The first-order chi connectivity index (χ1) is 13.6. The van der Waals surface area contributed by atoms with Crippen LogP contribution in [0, 0.1) is 24.1 Å². The van der Waals surface area contributed by atoms with Crippen molar-refractivity contribution in [2.24, 2.45) is 4.99 Å². The molecule has 0 saturated carbocycles. The maximum absolute atomic E-state index is 13.9. The first kappa shape index (κ1) is 19.4. The van der Waals surface area contributed by atoms with Gasteiger partial charge in [0.15, 0.2) is 5.96 Å². The molecule has 0 spiro atoms. The van der Waals surface area contributed by atoms with Crippen LogP contribution in [0.15, 0.2) is 47.5 Å². The SMILES string of the molecule is CCNC(=NCc1cc(C#N)ccc1F)NCCc1c(C)[nH]c2ccccc12. The summed E-state index contributed by atoms with van der Waals surface area (Å²) in [5.74, 6) is 0.273. The summed E-state index contributed by atoms with van der Waals surface area (Å²) in [5.41, 5.74) is 4.43. The van der Waals surface area contributed by atoms with Crippen molar-refractivity contribution in [3.8, 4) is 6.07 Å². The van der Waals surface area contributed by atoms with Crippen LogP contribution in [0.5, 0.6) is 0 Å². The van der Waals surface area contributed by atoms with Gasteiger partial charge in [-0.05, 0) is 50.1 Å². The number of aryl methyl sites for hydroxylation is 1. The summed E-state index contributed by atoms with van der Waals surface area (Å²) >= 11 is 0. The largest absolute Gasteiger partial charge is 0.358 e. The highest BCUT2D eigenvalue weighted by atomic mass is 19.1. The van der Waals surface area contributed by atoms with E-state index >= 15 is 0 Å². The highest BCUT2D eigenvalue weighted by Crippen LogP contribution is 2.21. The van der Waals surface area contributed by atoms with E-state index in [1.54, 1.807) is 0 Å². The number of aromatic amines is 1. The number of benzene rings is 2. The summed E-state index contributed by atoms with van der Waals surface area (Å²) in [6.45, 7) is 5.65. The topological polar surface area (TPSA) is 76.0 Å². The van der Waals surface area contributed by atoms with E-state index in [1.165, 1.54) is 34.8 Å². The van der Waals surface area contributed by atoms with E-state index in [0.717, 1.165) is 11.9 Å². The van der Waals surface area contributed by atoms with Crippen LogP contribution in [0.2, 0.25) is 0 Å². The first-order valence-corrected chi connectivity index (χ1v) is 9.39. The summed E-state index contributed by atoms with van der Waals surface area (Å²) in [5, 5.41) is 16.7. The summed E-state index contributed by atoms with van der Waals surface area (Å²) in [7, 11) is 0. The monoisotopic (exact) mass is 377 g/mol. The van der Waals surface area contributed by atoms with Gasteiger partial charge in [0.2, 0.25) is 0 Å². The van der Waals surface area contributed by atoms with E-state index < -0.39 is 0 Å². The molecule has 0 bridgehead atoms. The number of fused-ring (bicyclic) bond motifs is 1. The fraction of sp³-hybridized carbons (Fsp3) is 0.273. The van der Waals surface area contributed by atoms with Crippen LogP contribution in [0.1, 0.15) is 29.3 Å². The number of rotatable bonds is 6. The van der Waals surface area contributed by atoms with Crippen molar-refractivity contribution in [1.82, 2.24) is 15.6 Å². The number of hydrogen-bond acceptors (Lipinski definition) is 2. The normalized spacial score (nSPS) is 11.4. The summed E-state index contributed by atoms with van der Waals surface area (Å²) in [4.78, 5) is 7.87. The Hall–Kier alpha value is -3.33. The van der Waals surface area contributed by atoms with Crippen molar-refractivity contribution in [2.75, 3.05) is 13.1 Å². The molecule has 3 N–H and O–H groups in total. The molecule has 0 aliphatic rings. The minimum Gasteiger partial charge on any atom is -0.358 e. The minimum atomic E-state index is -0.354. The van der Waals surface area contributed by atoms with Crippen molar-refractivity contribution in [1.29, 1.82) is 5.26 Å². The molecule has 28 heavy (non-hydrogen) atoms. The molecular formula is C22H24FN5. The summed E-state index contributed by atoms with van der Waals surface area (Å²) < 4.78 is 13.9. The zero-order chi connectivity index (χ0) is 19.9. The van der Waals surface area contributed by atoms with E-state index in [0.29, 0.717) is 30.2 Å². The van der Waals surface area contributed by atoms with Gasteiger partial charge in [0, 0.05) is 35.2 Å². The van der Waals surface area contributed by atoms with Gasteiger partial charge in [-0.2, -0.15) is 5.26 Å². The molecule has 1 aromatic heterocycles. The Bertz CT molecular complexity index is 1030. The summed E-state index contributed by atoms with van der Waals surface area (Å²) in [6.07, 6.45) is 0.846. The number of halogens is 1. The second kappa shape index (κ2) is 9.05. The minimum absolute atomic E-state index is 0.169. The molecule has 0 aliphatic heterocycles. The number of nitrogens with zero attached hydrogens (tertiary/aromatic N) is 2. The number of H-pyrrole nitrogens is 1. The van der Waals surface area contributed by atoms with E-state index in [-0.39, 0.29) is 12.4 Å². The number of nitriles is 1. The Balaban J connectivity index is 1.67. The van der Waals surface area contributed by atoms with Crippen LogP contribution >= 0.6 is 0 Å². The van der Waals surface area contributed by atoms with Gasteiger partial charge in [0.25, 0.3) is 0 Å². The fourth-order valence-electron chi connectivity index (χ4n) is 3.23. The lowest BCUT2D eigenvalue weighted by Crippen LogP contribution is -2.38. The molecule has 0 saturated heterocycles. The first-order valence-electron chi connectivity index (χ1n) is 9.39. The highest BCUT2D eigenvalue weighted by molar-refractivity contribution is 5.84. The molecule has 5 nitrogen and oxygen atoms in total. The van der Waals surface area contributed by atoms with Crippen LogP contribution in [0.4, 0.5) is 4.39 Å². The molecule has 3 rings (SSSR count). The van der Waals surface area contributed by atoms with Gasteiger partial charge in [-0.15, -0.1) is 0 Å². The molecule has 0 unspecified atom stereocenters. The molecule has 0 aliphatic carbocycles. The zero-order valence-electron chi connectivity index (χ0n) is 16.1. The average Bonchev–Trinajstić information content (AvgIpc) is 3.02. The van der Waals surface area contributed by atoms with Crippen LogP contribution in [-0.2, 0) is 13.0 Å². The lowest BCUT2D eigenvalue weighted by Gasteiger charge is -2.12.